The molecule has 7 heteroatoms. The van der Waals surface area contributed by atoms with Crippen molar-refractivity contribution in [3.05, 3.63) is 22.7 Å². The molecule has 0 amide bonds. The van der Waals surface area contributed by atoms with Crippen molar-refractivity contribution in [3.8, 4) is 11.4 Å². The van der Waals surface area contributed by atoms with Crippen molar-refractivity contribution in [2.24, 2.45) is 0 Å². The molecule has 2 aliphatic rings. The zero-order chi connectivity index (χ0) is 14.1. The van der Waals surface area contributed by atoms with E-state index in [2.05, 4.69) is 25.3 Å². The molecule has 0 bridgehead atoms. The Morgan fingerprint density at radius 2 is 2.14 bits per heavy atom. The smallest absolute Gasteiger partial charge is 0.241 e. The highest BCUT2D eigenvalue weighted by Crippen LogP contribution is 2.19. The molecule has 6 nitrogen and oxygen atoms in total. The van der Waals surface area contributed by atoms with Gasteiger partial charge in [0.2, 0.25) is 11.7 Å². The number of rotatable bonds is 4. The lowest BCUT2D eigenvalue weighted by Crippen LogP contribution is -2.61. The van der Waals surface area contributed by atoms with E-state index in [4.69, 9.17) is 4.52 Å². The average Bonchev–Trinajstić information content (AvgIpc) is 3.09. The molecule has 4 rings (SSSR count). The van der Waals surface area contributed by atoms with Gasteiger partial charge in [0.15, 0.2) is 0 Å². The van der Waals surface area contributed by atoms with E-state index in [1.165, 1.54) is 0 Å². The van der Waals surface area contributed by atoms with Crippen molar-refractivity contribution < 1.29 is 4.52 Å². The molecule has 2 aromatic rings. The first-order valence-electron chi connectivity index (χ1n) is 7.41. The fourth-order valence-corrected chi connectivity index (χ4v) is 3.47. The average molecular weight is 305 g/mol. The monoisotopic (exact) mass is 305 g/mol. The zero-order valence-electron chi connectivity index (χ0n) is 11.9. The SMILES string of the molecule is c1cc(-c2noc(CN3CCN(C4CNC4)CC3)n2)cs1. The van der Waals surface area contributed by atoms with Crippen LogP contribution >= 0.6 is 11.3 Å². The van der Waals surface area contributed by atoms with E-state index >= 15 is 0 Å². The second kappa shape index (κ2) is 5.84. The molecular formula is C14H19N5OS. The van der Waals surface area contributed by atoms with Gasteiger partial charge in [0, 0.05) is 56.3 Å². The predicted molar refractivity (Wildman–Crippen MR) is 81.1 cm³/mol. The van der Waals surface area contributed by atoms with Crippen molar-refractivity contribution in [2.75, 3.05) is 39.3 Å². The lowest BCUT2D eigenvalue weighted by atomic mass is 10.1. The van der Waals surface area contributed by atoms with E-state index in [1.54, 1.807) is 11.3 Å². The van der Waals surface area contributed by atoms with Gasteiger partial charge >= 0.3 is 0 Å². The quantitative estimate of drug-likeness (QED) is 0.905. The van der Waals surface area contributed by atoms with Crippen LogP contribution in [0.25, 0.3) is 11.4 Å². The predicted octanol–water partition coefficient (Wildman–Crippen LogP) is 0.887. The number of hydrogen-bond donors (Lipinski definition) is 1. The van der Waals surface area contributed by atoms with Gasteiger partial charge < -0.3 is 9.84 Å². The minimum Gasteiger partial charge on any atom is -0.338 e. The third-order valence-electron chi connectivity index (χ3n) is 4.29. The van der Waals surface area contributed by atoms with Gasteiger partial charge in [0.05, 0.1) is 6.54 Å². The summed E-state index contributed by atoms with van der Waals surface area (Å²) in [7, 11) is 0. The first-order chi connectivity index (χ1) is 10.4. The Kier molecular flexibility index (Phi) is 3.72. The van der Waals surface area contributed by atoms with Crippen molar-refractivity contribution in [1.82, 2.24) is 25.3 Å². The number of thiophene rings is 1. The van der Waals surface area contributed by atoms with Crippen molar-refractivity contribution in [1.29, 1.82) is 0 Å². The van der Waals surface area contributed by atoms with Crippen molar-refractivity contribution in [2.45, 2.75) is 12.6 Å². The minimum atomic E-state index is 0.699. The van der Waals surface area contributed by atoms with Gasteiger partial charge in [-0.2, -0.15) is 16.3 Å². The van der Waals surface area contributed by atoms with Crippen LogP contribution in [-0.2, 0) is 6.54 Å². The molecule has 2 fully saturated rings. The molecule has 1 N–H and O–H groups in total. The Morgan fingerprint density at radius 3 is 2.81 bits per heavy atom. The largest absolute Gasteiger partial charge is 0.338 e. The minimum absolute atomic E-state index is 0.699. The van der Waals surface area contributed by atoms with E-state index in [0.29, 0.717) is 5.82 Å². The van der Waals surface area contributed by atoms with Crippen LogP contribution in [0.2, 0.25) is 0 Å². The highest BCUT2D eigenvalue weighted by molar-refractivity contribution is 7.08. The number of nitrogens with one attached hydrogen (secondary N) is 1. The molecule has 0 atom stereocenters. The molecular weight excluding hydrogens is 286 g/mol. The van der Waals surface area contributed by atoms with Gasteiger partial charge in [-0.15, -0.1) is 0 Å². The van der Waals surface area contributed by atoms with Crippen molar-refractivity contribution in [3.63, 3.8) is 0 Å². The molecule has 4 heterocycles. The van der Waals surface area contributed by atoms with Gasteiger partial charge in [0.25, 0.3) is 0 Å². The van der Waals surface area contributed by atoms with E-state index < -0.39 is 0 Å². The van der Waals surface area contributed by atoms with Crippen LogP contribution in [0.4, 0.5) is 0 Å². The molecule has 0 aromatic carbocycles. The molecule has 0 spiro atoms. The fourth-order valence-electron chi connectivity index (χ4n) is 2.84. The van der Waals surface area contributed by atoms with Gasteiger partial charge in [-0.25, -0.2) is 0 Å². The van der Waals surface area contributed by atoms with Crippen molar-refractivity contribution >= 4 is 11.3 Å². The molecule has 2 aromatic heterocycles. The summed E-state index contributed by atoms with van der Waals surface area (Å²) in [4.78, 5) is 9.47. The van der Waals surface area contributed by atoms with E-state index in [9.17, 15) is 0 Å². The molecule has 2 aliphatic heterocycles. The third-order valence-corrected chi connectivity index (χ3v) is 4.97. The van der Waals surface area contributed by atoms with E-state index in [1.807, 2.05) is 16.8 Å². The molecule has 112 valence electrons. The first kappa shape index (κ1) is 13.4. The highest BCUT2D eigenvalue weighted by Gasteiger charge is 2.28. The Balaban J connectivity index is 1.32. The van der Waals surface area contributed by atoms with Crippen LogP contribution < -0.4 is 5.32 Å². The molecule has 0 radical (unpaired) electrons. The fraction of sp³-hybridized carbons (Fsp3) is 0.571. The van der Waals surface area contributed by atoms with Crippen LogP contribution in [0.15, 0.2) is 21.3 Å². The Morgan fingerprint density at radius 1 is 1.29 bits per heavy atom. The molecule has 0 saturated carbocycles. The van der Waals surface area contributed by atoms with E-state index in [0.717, 1.165) is 63.3 Å². The lowest BCUT2D eigenvalue weighted by Gasteiger charge is -2.43. The standard InChI is InChI=1S/C14H19N5OS/c1-6-21-10-11(1)14-16-13(20-17-14)9-18-2-4-19(5-3-18)12-7-15-8-12/h1,6,10,12,15H,2-5,7-9H2. The molecule has 21 heavy (non-hydrogen) atoms. The Labute approximate surface area is 127 Å². The summed E-state index contributed by atoms with van der Waals surface area (Å²) in [6, 6.07) is 2.77. The topological polar surface area (TPSA) is 57.4 Å². The zero-order valence-corrected chi connectivity index (χ0v) is 12.7. The molecule has 0 aliphatic carbocycles. The van der Waals surface area contributed by atoms with Gasteiger partial charge in [0.1, 0.15) is 0 Å². The summed E-state index contributed by atoms with van der Waals surface area (Å²) < 4.78 is 5.38. The summed E-state index contributed by atoms with van der Waals surface area (Å²) in [5, 5.41) is 11.5. The van der Waals surface area contributed by atoms with Gasteiger partial charge in [-0.3, -0.25) is 9.80 Å². The van der Waals surface area contributed by atoms with Gasteiger partial charge in [-0.1, -0.05) is 5.16 Å². The Bertz CT molecular complexity index is 572. The summed E-state index contributed by atoms with van der Waals surface area (Å²) in [6.07, 6.45) is 0. The summed E-state index contributed by atoms with van der Waals surface area (Å²) >= 11 is 1.65. The number of aromatic nitrogens is 2. The van der Waals surface area contributed by atoms with E-state index in [-0.39, 0.29) is 0 Å². The summed E-state index contributed by atoms with van der Waals surface area (Å²) in [5.41, 5.74) is 1.04. The number of nitrogens with zero attached hydrogens (tertiary/aromatic N) is 4. The van der Waals surface area contributed by atoms with Crippen LogP contribution in [0.3, 0.4) is 0 Å². The maximum Gasteiger partial charge on any atom is 0.241 e. The van der Waals surface area contributed by atoms with Gasteiger partial charge in [-0.05, 0) is 11.4 Å². The second-order valence-corrected chi connectivity index (χ2v) is 6.43. The number of piperazine rings is 1. The maximum atomic E-state index is 5.38. The normalized spacial score (nSPS) is 21.5. The van der Waals surface area contributed by atoms with Crippen LogP contribution in [0.1, 0.15) is 5.89 Å². The summed E-state index contributed by atoms with van der Waals surface area (Å²) in [5.74, 6) is 1.42. The van der Waals surface area contributed by atoms with Crippen LogP contribution in [0.5, 0.6) is 0 Å². The number of hydrogen-bond acceptors (Lipinski definition) is 7. The molecule has 2 saturated heterocycles. The second-order valence-electron chi connectivity index (χ2n) is 5.65. The lowest BCUT2D eigenvalue weighted by molar-refractivity contribution is 0.0647. The Hall–Kier alpha value is -1.28. The first-order valence-corrected chi connectivity index (χ1v) is 8.35. The molecule has 0 unspecified atom stereocenters. The van der Waals surface area contributed by atoms with Crippen LogP contribution in [0, 0.1) is 0 Å². The van der Waals surface area contributed by atoms with Crippen LogP contribution in [-0.4, -0.2) is 65.3 Å². The summed E-state index contributed by atoms with van der Waals surface area (Å²) in [6.45, 7) is 7.48. The maximum absolute atomic E-state index is 5.38. The highest BCUT2D eigenvalue weighted by atomic mass is 32.1. The third kappa shape index (κ3) is 2.87.